The number of nitrogens with zero attached hydrogens (tertiary/aromatic N) is 3. The summed E-state index contributed by atoms with van der Waals surface area (Å²) in [6.07, 6.45) is 3.81. The Bertz CT molecular complexity index is 638. The van der Waals surface area contributed by atoms with Gasteiger partial charge in [-0.15, -0.1) is 0 Å². The van der Waals surface area contributed by atoms with Gasteiger partial charge in [-0.05, 0) is 44.6 Å². The monoisotopic (exact) mass is 288 g/mol. The fraction of sp³-hybridized carbons (Fsp3) is 0.333. The van der Waals surface area contributed by atoms with Crippen molar-refractivity contribution in [3.63, 3.8) is 0 Å². The molecule has 1 heterocycles. The van der Waals surface area contributed by atoms with Gasteiger partial charge in [0.05, 0.1) is 5.69 Å². The van der Waals surface area contributed by atoms with Crippen LogP contribution in [0.2, 0.25) is 13.1 Å². The molecule has 0 N–H and O–H groups in total. The second-order valence-corrected chi connectivity index (χ2v) is 7.57. The Labute approximate surface area is 123 Å². The van der Waals surface area contributed by atoms with E-state index in [9.17, 15) is 0 Å². The number of hydrogen-bond acceptors (Lipinski definition) is 3. The maximum atomic E-state index is 5.95. The zero-order valence-corrected chi connectivity index (χ0v) is 13.9. The quantitative estimate of drug-likeness (QED) is 0.640. The van der Waals surface area contributed by atoms with Crippen LogP contribution in [0.1, 0.15) is 18.2 Å². The maximum absolute atomic E-state index is 5.95. The number of rotatable bonds is 4. The van der Waals surface area contributed by atoms with E-state index >= 15 is 0 Å². The van der Waals surface area contributed by atoms with Gasteiger partial charge in [0.1, 0.15) is 11.4 Å². The van der Waals surface area contributed by atoms with Gasteiger partial charge in [0.2, 0.25) is 9.04 Å². The van der Waals surface area contributed by atoms with Crippen molar-refractivity contribution in [2.75, 3.05) is 0 Å². The summed E-state index contributed by atoms with van der Waals surface area (Å²) in [5, 5.41) is 4.31. The lowest BCUT2D eigenvalue weighted by Gasteiger charge is -2.12. The van der Waals surface area contributed by atoms with E-state index in [4.69, 9.17) is 4.43 Å². The lowest BCUT2D eigenvalue weighted by atomic mass is 10.2. The molecular weight excluding hydrogens is 266 g/mol. The SMILES string of the molecule is Cc1ccc(N=Cc2cn(C)nc2C)c(O[SiH](C)C)c1.[H+]. The third-order valence-electron chi connectivity index (χ3n) is 2.87. The standard InChI is InChI=1S/C15H21N3OSi/c1-11-6-7-14(15(8-11)19-20(4)5)16-9-13-10-18(3)17-12(13)2/h6-10,20H,1-5H3/p+1. The molecule has 0 saturated heterocycles. The molecule has 0 fully saturated rings. The lowest BCUT2D eigenvalue weighted by Crippen LogP contribution is -2.11. The van der Waals surface area contributed by atoms with Crippen molar-refractivity contribution in [2.24, 2.45) is 12.0 Å². The first-order chi connectivity index (χ1) is 9.45. The molecule has 0 spiro atoms. The van der Waals surface area contributed by atoms with E-state index in [1.807, 2.05) is 32.4 Å². The number of aliphatic imine (C=N–C) groups is 1. The van der Waals surface area contributed by atoms with E-state index in [1.54, 1.807) is 4.68 Å². The fourth-order valence-electron chi connectivity index (χ4n) is 1.96. The van der Waals surface area contributed by atoms with Crippen molar-refractivity contribution < 1.29 is 5.85 Å². The summed E-state index contributed by atoms with van der Waals surface area (Å²) >= 11 is 0. The molecule has 0 unspecified atom stereocenters. The summed E-state index contributed by atoms with van der Waals surface area (Å²) in [5.41, 5.74) is 4.07. The second-order valence-electron chi connectivity index (χ2n) is 5.24. The second kappa shape index (κ2) is 6.05. The molecule has 2 rings (SSSR count). The van der Waals surface area contributed by atoms with Crippen LogP contribution in [-0.4, -0.2) is 25.0 Å². The van der Waals surface area contributed by atoms with E-state index in [-0.39, 0.29) is 1.43 Å². The van der Waals surface area contributed by atoms with Gasteiger partial charge in [-0.1, -0.05) is 6.07 Å². The average Bonchev–Trinajstić information content (AvgIpc) is 2.66. The van der Waals surface area contributed by atoms with E-state index in [0.29, 0.717) is 0 Å². The van der Waals surface area contributed by atoms with Crippen molar-refractivity contribution in [3.8, 4) is 5.75 Å². The van der Waals surface area contributed by atoms with E-state index in [2.05, 4.69) is 42.2 Å². The largest absolute Gasteiger partial charge is 1.00 e. The molecule has 0 radical (unpaired) electrons. The first-order valence-corrected chi connectivity index (χ1v) is 9.55. The number of aromatic nitrogens is 2. The van der Waals surface area contributed by atoms with E-state index in [0.717, 1.165) is 22.7 Å². The molecule has 106 valence electrons. The van der Waals surface area contributed by atoms with Crippen LogP contribution < -0.4 is 4.43 Å². The molecule has 0 bridgehead atoms. The van der Waals surface area contributed by atoms with Gasteiger partial charge in [0.15, 0.2) is 0 Å². The summed E-state index contributed by atoms with van der Waals surface area (Å²) in [6.45, 7) is 8.35. The fourth-order valence-corrected chi connectivity index (χ4v) is 2.66. The highest BCUT2D eigenvalue weighted by Crippen LogP contribution is 2.29. The molecule has 4 nitrogen and oxygen atoms in total. The van der Waals surface area contributed by atoms with Crippen LogP contribution >= 0.6 is 0 Å². The summed E-state index contributed by atoms with van der Waals surface area (Å²) in [5.74, 6) is 0.879. The molecule has 5 heteroatoms. The Hall–Kier alpha value is -1.88. The normalized spacial score (nSPS) is 11.5. The lowest BCUT2D eigenvalue weighted by molar-refractivity contribution is 0.581. The molecule has 0 saturated carbocycles. The van der Waals surface area contributed by atoms with Crippen molar-refractivity contribution in [2.45, 2.75) is 26.9 Å². The highest BCUT2D eigenvalue weighted by atomic mass is 28.3. The Morgan fingerprint density at radius 1 is 1.35 bits per heavy atom. The van der Waals surface area contributed by atoms with Crippen molar-refractivity contribution in [1.82, 2.24) is 9.78 Å². The molecule has 2 aromatic rings. The van der Waals surface area contributed by atoms with E-state index in [1.165, 1.54) is 5.56 Å². The number of benzene rings is 1. The minimum atomic E-state index is -1.14. The first-order valence-electron chi connectivity index (χ1n) is 6.77. The van der Waals surface area contributed by atoms with Crippen LogP contribution in [-0.2, 0) is 7.05 Å². The number of aryl methyl sites for hydroxylation is 3. The van der Waals surface area contributed by atoms with Gasteiger partial charge in [0.25, 0.3) is 0 Å². The molecule has 1 aromatic heterocycles. The van der Waals surface area contributed by atoms with Crippen molar-refractivity contribution in [3.05, 3.63) is 41.2 Å². The third kappa shape index (κ3) is 3.57. The molecule has 0 atom stereocenters. The molecule has 0 aliphatic heterocycles. The van der Waals surface area contributed by atoms with Gasteiger partial charge in [-0.3, -0.25) is 9.67 Å². The Morgan fingerprint density at radius 2 is 2.10 bits per heavy atom. The Morgan fingerprint density at radius 3 is 2.70 bits per heavy atom. The van der Waals surface area contributed by atoms with Crippen LogP contribution in [0.25, 0.3) is 0 Å². The molecule has 0 aliphatic rings. The zero-order valence-electron chi connectivity index (χ0n) is 13.7. The minimum Gasteiger partial charge on any atom is -0.546 e. The first kappa shape index (κ1) is 14.5. The van der Waals surface area contributed by atoms with Gasteiger partial charge in [-0.2, -0.15) is 5.10 Å². The zero-order chi connectivity index (χ0) is 14.7. The summed E-state index contributed by atoms with van der Waals surface area (Å²) in [7, 11) is 0.771. The smallest absolute Gasteiger partial charge is 0.546 e. The van der Waals surface area contributed by atoms with Crippen LogP contribution in [0.3, 0.4) is 0 Å². The molecular formula is C15H22N3OSi+. The highest BCUT2D eigenvalue weighted by Gasteiger charge is 2.06. The molecule has 1 aromatic carbocycles. The van der Waals surface area contributed by atoms with Crippen molar-refractivity contribution in [1.29, 1.82) is 0 Å². The molecule has 20 heavy (non-hydrogen) atoms. The van der Waals surface area contributed by atoms with Gasteiger partial charge >= 0.3 is 1.43 Å². The number of hydrogen-bond donors (Lipinski definition) is 0. The van der Waals surface area contributed by atoms with Gasteiger partial charge in [0, 0.05) is 25.0 Å². The topological polar surface area (TPSA) is 39.4 Å². The molecule has 0 amide bonds. The highest BCUT2D eigenvalue weighted by molar-refractivity contribution is 6.49. The van der Waals surface area contributed by atoms with Gasteiger partial charge in [-0.25, -0.2) is 0 Å². The molecule has 0 aliphatic carbocycles. The predicted octanol–water partition coefficient (Wildman–Crippen LogP) is 3.26. The third-order valence-corrected chi connectivity index (χ3v) is 3.60. The summed E-state index contributed by atoms with van der Waals surface area (Å²) in [6, 6.07) is 6.11. The van der Waals surface area contributed by atoms with Crippen LogP contribution in [0.5, 0.6) is 5.75 Å². The van der Waals surface area contributed by atoms with Crippen LogP contribution in [0.4, 0.5) is 5.69 Å². The summed E-state index contributed by atoms with van der Waals surface area (Å²) in [4.78, 5) is 4.56. The van der Waals surface area contributed by atoms with Crippen molar-refractivity contribution >= 4 is 20.9 Å². The Kier molecular flexibility index (Phi) is 4.39. The predicted molar refractivity (Wildman–Crippen MR) is 87.0 cm³/mol. The summed E-state index contributed by atoms with van der Waals surface area (Å²) < 4.78 is 7.75. The average molecular weight is 288 g/mol. The minimum absolute atomic E-state index is 0. The van der Waals surface area contributed by atoms with Crippen LogP contribution in [0.15, 0.2) is 29.4 Å². The van der Waals surface area contributed by atoms with Crippen LogP contribution in [0, 0.1) is 13.8 Å². The van der Waals surface area contributed by atoms with Gasteiger partial charge < -0.3 is 4.43 Å². The Balaban J connectivity index is 0.00000220. The van der Waals surface area contributed by atoms with E-state index < -0.39 is 9.04 Å². The maximum Gasteiger partial charge on any atom is 1.00 e.